The molecule has 5 nitrogen and oxygen atoms in total. The molecule has 0 bridgehead atoms. The molecule has 1 saturated heterocycles. The molecule has 21 heavy (non-hydrogen) atoms. The smallest absolute Gasteiger partial charge is 0.323 e. The van der Waals surface area contributed by atoms with Gasteiger partial charge < -0.3 is 10.1 Å². The summed E-state index contributed by atoms with van der Waals surface area (Å²) in [5.41, 5.74) is 0.940. The van der Waals surface area contributed by atoms with Gasteiger partial charge in [0.15, 0.2) is 0 Å². The zero-order valence-corrected chi connectivity index (χ0v) is 12.2. The summed E-state index contributed by atoms with van der Waals surface area (Å²) in [7, 11) is 1.34. The number of nitrogens with one attached hydrogen (secondary N) is 1. The van der Waals surface area contributed by atoms with E-state index >= 15 is 0 Å². The molecule has 114 valence electrons. The predicted molar refractivity (Wildman–Crippen MR) is 76.4 cm³/mol. The minimum atomic E-state index is -0.365. The lowest BCUT2D eigenvalue weighted by Crippen LogP contribution is -2.41. The Bertz CT molecular complexity index is 548. The molecule has 1 aliphatic heterocycles. The Morgan fingerprint density at radius 2 is 2.24 bits per heavy atom. The Labute approximate surface area is 123 Å². The lowest BCUT2D eigenvalue weighted by atomic mass is 10.2. The highest BCUT2D eigenvalue weighted by Gasteiger charge is 2.32. The van der Waals surface area contributed by atoms with Crippen LogP contribution in [0, 0.1) is 12.7 Å². The lowest BCUT2D eigenvalue weighted by Gasteiger charge is -2.21. The third-order valence-electron chi connectivity index (χ3n) is 3.64. The van der Waals surface area contributed by atoms with Gasteiger partial charge in [-0.25, -0.2) is 4.39 Å². The summed E-state index contributed by atoms with van der Waals surface area (Å²) in [6, 6.07) is 4.18. The van der Waals surface area contributed by atoms with Crippen LogP contribution < -0.4 is 5.32 Å². The normalized spacial score (nSPS) is 18.5. The maximum Gasteiger partial charge on any atom is 0.323 e. The first-order valence-electron chi connectivity index (χ1n) is 6.89. The number of hydrogen-bond acceptors (Lipinski definition) is 4. The van der Waals surface area contributed by atoms with Gasteiger partial charge in [-0.05, 0) is 44.0 Å². The largest absolute Gasteiger partial charge is 0.468 e. The molecule has 0 spiro atoms. The van der Waals surface area contributed by atoms with E-state index in [-0.39, 0.29) is 30.3 Å². The van der Waals surface area contributed by atoms with Crippen molar-refractivity contribution in [3.05, 3.63) is 29.6 Å². The van der Waals surface area contributed by atoms with Gasteiger partial charge in [0, 0.05) is 5.69 Å². The summed E-state index contributed by atoms with van der Waals surface area (Å²) in [5, 5.41) is 2.64. The number of methoxy groups -OCH3 is 1. The summed E-state index contributed by atoms with van der Waals surface area (Å²) in [5.74, 6) is -0.947. The SMILES string of the molecule is COC(=O)C1CCCN1CC(=O)Nc1ccc(C)c(F)c1. The van der Waals surface area contributed by atoms with Gasteiger partial charge in [0.2, 0.25) is 5.91 Å². The molecule has 1 atom stereocenters. The fourth-order valence-electron chi connectivity index (χ4n) is 2.47. The van der Waals surface area contributed by atoms with E-state index in [1.165, 1.54) is 13.2 Å². The second-order valence-electron chi connectivity index (χ2n) is 5.16. The maximum atomic E-state index is 13.4. The Kier molecular flexibility index (Phi) is 4.90. The van der Waals surface area contributed by atoms with Crippen LogP contribution in [0.25, 0.3) is 0 Å². The molecule has 1 aromatic carbocycles. The van der Waals surface area contributed by atoms with Crippen LogP contribution in [0.3, 0.4) is 0 Å². The van der Waals surface area contributed by atoms with Crippen LogP contribution in [0.2, 0.25) is 0 Å². The molecule has 1 amide bonds. The molecule has 1 unspecified atom stereocenters. The molecule has 6 heteroatoms. The van der Waals surface area contributed by atoms with Crippen LogP contribution in [0.4, 0.5) is 10.1 Å². The molecule has 1 fully saturated rings. The molecule has 1 N–H and O–H groups in total. The van der Waals surface area contributed by atoms with Crippen molar-refractivity contribution in [2.24, 2.45) is 0 Å². The molecular weight excluding hydrogens is 275 g/mol. The Morgan fingerprint density at radius 1 is 1.48 bits per heavy atom. The first-order valence-corrected chi connectivity index (χ1v) is 6.89. The molecule has 0 saturated carbocycles. The van der Waals surface area contributed by atoms with Gasteiger partial charge in [-0.15, -0.1) is 0 Å². The fraction of sp³-hybridized carbons (Fsp3) is 0.467. The number of ether oxygens (including phenoxy) is 1. The standard InChI is InChI=1S/C15H19FN2O3/c1-10-5-6-11(8-12(10)16)17-14(19)9-18-7-3-4-13(18)15(20)21-2/h5-6,8,13H,3-4,7,9H2,1-2H3,(H,17,19). The summed E-state index contributed by atoms with van der Waals surface area (Å²) in [6.07, 6.45) is 1.55. The number of carbonyl (C=O) groups is 2. The number of rotatable bonds is 4. The monoisotopic (exact) mass is 294 g/mol. The second kappa shape index (κ2) is 6.67. The van der Waals surface area contributed by atoms with E-state index in [2.05, 4.69) is 5.32 Å². The molecule has 1 aliphatic rings. The van der Waals surface area contributed by atoms with Gasteiger partial charge >= 0.3 is 5.97 Å². The van der Waals surface area contributed by atoms with Crippen molar-refractivity contribution in [1.29, 1.82) is 0 Å². The van der Waals surface area contributed by atoms with Gasteiger partial charge in [0.1, 0.15) is 11.9 Å². The van der Waals surface area contributed by atoms with Crippen molar-refractivity contribution in [3.8, 4) is 0 Å². The van der Waals surface area contributed by atoms with Crippen molar-refractivity contribution in [2.75, 3.05) is 25.5 Å². The van der Waals surface area contributed by atoms with Crippen LogP contribution in [-0.2, 0) is 14.3 Å². The fourth-order valence-corrected chi connectivity index (χ4v) is 2.47. The van der Waals surface area contributed by atoms with Crippen molar-refractivity contribution in [3.63, 3.8) is 0 Å². The number of esters is 1. The Hall–Kier alpha value is -1.95. The lowest BCUT2D eigenvalue weighted by molar-refractivity contribution is -0.146. The second-order valence-corrected chi connectivity index (χ2v) is 5.16. The van der Waals surface area contributed by atoms with Gasteiger partial charge in [-0.3, -0.25) is 14.5 Å². The first kappa shape index (κ1) is 15.4. The summed E-state index contributed by atoms with van der Waals surface area (Å²) in [4.78, 5) is 25.4. The minimum Gasteiger partial charge on any atom is -0.468 e. The van der Waals surface area contributed by atoms with Crippen LogP contribution in [0.5, 0.6) is 0 Å². The molecule has 0 aliphatic carbocycles. The molecule has 0 aromatic heterocycles. The van der Waals surface area contributed by atoms with Crippen LogP contribution >= 0.6 is 0 Å². The Balaban J connectivity index is 1.95. The van der Waals surface area contributed by atoms with Crippen LogP contribution in [0.1, 0.15) is 18.4 Å². The number of aryl methyl sites for hydroxylation is 1. The summed E-state index contributed by atoms with van der Waals surface area (Å²) in [6.45, 7) is 2.43. The third-order valence-corrected chi connectivity index (χ3v) is 3.64. The molecule has 0 radical (unpaired) electrons. The van der Waals surface area contributed by atoms with Crippen molar-refractivity contribution >= 4 is 17.6 Å². The average Bonchev–Trinajstić information content (AvgIpc) is 2.90. The van der Waals surface area contributed by atoms with E-state index in [1.54, 1.807) is 24.0 Å². The van der Waals surface area contributed by atoms with Crippen LogP contribution in [0.15, 0.2) is 18.2 Å². The van der Waals surface area contributed by atoms with E-state index in [0.29, 0.717) is 24.2 Å². The number of likely N-dealkylation sites (tertiary alicyclic amines) is 1. The molecule has 2 rings (SSSR count). The number of anilines is 1. The number of hydrogen-bond donors (Lipinski definition) is 1. The van der Waals surface area contributed by atoms with Crippen molar-refractivity contribution in [1.82, 2.24) is 4.90 Å². The zero-order chi connectivity index (χ0) is 15.4. The summed E-state index contributed by atoms with van der Waals surface area (Å²) >= 11 is 0. The van der Waals surface area contributed by atoms with Crippen LogP contribution in [-0.4, -0.2) is 43.0 Å². The third kappa shape index (κ3) is 3.78. The van der Waals surface area contributed by atoms with Gasteiger partial charge in [-0.2, -0.15) is 0 Å². The first-order chi connectivity index (χ1) is 10.0. The van der Waals surface area contributed by atoms with E-state index in [9.17, 15) is 14.0 Å². The van der Waals surface area contributed by atoms with E-state index < -0.39 is 0 Å². The summed E-state index contributed by atoms with van der Waals surface area (Å²) < 4.78 is 18.2. The molecule has 1 heterocycles. The molecule has 1 aromatic rings. The average molecular weight is 294 g/mol. The topological polar surface area (TPSA) is 58.6 Å². The molecular formula is C15H19FN2O3. The van der Waals surface area contributed by atoms with Gasteiger partial charge in [0.25, 0.3) is 0 Å². The van der Waals surface area contributed by atoms with E-state index in [0.717, 1.165) is 6.42 Å². The highest BCUT2D eigenvalue weighted by atomic mass is 19.1. The number of amides is 1. The highest BCUT2D eigenvalue weighted by Crippen LogP contribution is 2.18. The van der Waals surface area contributed by atoms with E-state index in [1.807, 2.05) is 0 Å². The predicted octanol–water partition coefficient (Wildman–Crippen LogP) is 1.71. The van der Waals surface area contributed by atoms with Crippen molar-refractivity contribution in [2.45, 2.75) is 25.8 Å². The Morgan fingerprint density at radius 3 is 2.90 bits per heavy atom. The quantitative estimate of drug-likeness (QED) is 0.859. The number of halogens is 1. The maximum absolute atomic E-state index is 13.4. The zero-order valence-electron chi connectivity index (χ0n) is 12.2. The number of carbonyl (C=O) groups excluding carboxylic acids is 2. The number of nitrogens with zero attached hydrogens (tertiary/aromatic N) is 1. The van der Waals surface area contributed by atoms with Crippen molar-refractivity contribution < 1.29 is 18.7 Å². The van der Waals surface area contributed by atoms with Gasteiger partial charge in [0.05, 0.1) is 13.7 Å². The van der Waals surface area contributed by atoms with E-state index in [4.69, 9.17) is 4.74 Å². The highest BCUT2D eigenvalue weighted by molar-refractivity contribution is 5.92. The van der Waals surface area contributed by atoms with Gasteiger partial charge in [-0.1, -0.05) is 6.07 Å². The number of benzene rings is 1. The minimum absolute atomic E-state index is 0.0925.